The van der Waals surface area contributed by atoms with Gasteiger partial charge in [0.25, 0.3) is 0 Å². The molecule has 0 aliphatic rings. The maximum atomic E-state index is 11.4. The van der Waals surface area contributed by atoms with Gasteiger partial charge in [-0.3, -0.25) is 4.72 Å². The molecule has 0 aliphatic carbocycles. The van der Waals surface area contributed by atoms with Crippen LogP contribution in [0.2, 0.25) is 0 Å². The van der Waals surface area contributed by atoms with E-state index in [9.17, 15) is 27.4 Å². The number of halogens is 1. The molecule has 0 atom stereocenters. The number of hydrogen-bond acceptors (Lipinski definition) is 9. The lowest BCUT2D eigenvalue weighted by Gasteiger charge is -2.10. The second-order valence-electron chi connectivity index (χ2n) is 11.9. The predicted octanol–water partition coefficient (Wildman–Crippen LogP) is 7.29. The highest BCUT2D eigenvalue weighted by molar-refractivity contribution is 8.13. The van der Waals surface area contributed by atoms with Gasteiger partial charge in [-0.15, -0.1) is 0 Å². The Morgan fingerprint density at radius 3 is 1.67 bits per heavy atom. The molecule has 0 bridgehead atoms. The Kier molecular flexibility index (Phi) is 13.5. The van der Waals surface area contributed by atoms with Crippen molar-refractivity contribution in [3.8, 4) is 46.7 Å². The molecule has 0 unspecified atom stereocenters. The number of nitrogens with two attached hydrogens (primary N) is 1. The highest BCUT2D eigenvalue weighted by atomic mass is 35.7. The van der Waals surface area contributed by atoms with Crippen LogP contribution in [0.25, 0.3) is 33.1 Å². The lowest BCUT2D eigenvalue weighted by atomic mass is 10.1. The van der Waals surface area contributed by atoms with E-state index in [2.05, 4.69) is 44.0 Å². The number of nitriles is 2. The number of nitrogen functional groups attached to an aromatic ring is 1. The van der Waals surface area contributed by atoms with Crippen LogP contribution < -0.4 is 19.9 Å². The summed E-state index contributed by atoms with van der Waals surface area (Å²) in [5.41, 5.74) is 13.2. The van der Waals surface area contributed by atoms with Crippen molar-refractivity contribution >= 4 is 62.9 Å². The van der Waals surface area contributed by atoms with E-state index in [1.54, 1.807) is 26.4 Å². The van der Waals surface area contributed by atoms with E-state index < -0.39 is 19.1 Å². The van der Waals surface area contributed by atoms with Crippen LogP contribution in [-0.2, 0) is 32.2 Å². The molecule has 15 heteroatoms. The van der Waals surface area contributed by atoms with Crippen molar-refractivity contribution in [2.45, 2.75) is 26.9 Å². The monoisotopic (exact) mass is 798 g/mol. The van der Waals surface area contributed by atoms with E-state index in [1.807, 2.05) is 91.2 Å². The minimum Gasteiger partial charge on any atom is -0.497 e. The van der Waals surface area contributed by atoms with Crippen molar-refractivity contribution in [1.29, 1.82) is 10.5 Å². The summed E-state index contributed by atoms with van der Waals surface area (Å²) >= 11 is 0. The molecular weight excluding hydrogens is 760 g/mol. The van der Waals surface area contributed by atoms with Crippen molar-refractivity contribution in [3.05, 3.63) is 107 Å². The Morgan fingerprint density at radius 2 is 1.22 bits per heavy atom. The Balaban J connectivity index is 0.000000219. The summed E-state index contributed by atoms with van der Waals surface area (Å²) in [6, 6.07) is 30.3. The first-order valence-corrected chi connectivity index (χ1v) is 21.2. The number of methoxy groups -OCH3 is 2. The molecule has 0 spiro atoms. The molecule has 6 aromatic rings. The minimum atomic E-state index is -3.33. The fourth-order valence-corrected chi connectivity index (χ4v) is 6.40. The van der Waals surface area contributed by atoms with Crippen LogP contribution in [-0.4, -0.2) is 52.7 Å². The summed E-state index contributed by atoms with van der Waals surface area (Å²) in [4.78, 5) is 0. The fourth-order valence-electron chi connectivity index (χ4n) is 5.83. The number of rotatable bonds is 7. The molecule has 12 nitrogen and oxygen atoms in total. The molecule has 55 heavy (non-hydrogen) atoms. The smallest absolute Gasteiger partial charge is 0.229 e. The van der Waals surface area contributed by atoms with Crippen molar-refractivity contribution in [3.63, 3.8) is 0 Å². The largest absolute Gasteiger partial charge is 0.497 e. The molecule has 2 heterocycles. The van der Waals surface area contributed by atoms with Crippen molar-refractivity contribution in [2.75, 3.05) is 37.2 Å². The zero-order valence-corrected chi connectivity index (χ0v) is 33.4. The average molecular weight is 799 g/mol. The molecule has 6 rings (SSSR count). The molecule has 0 fully saturated rings. The number of aryl methyl sites for hydroxylation is 2. The number of sulfonamides is 1. The number of ether oxygens (including phenoxy) is 2. The Morgan fingerprint density at radius 1 is 0.727 bits per heavy atom. The Hall–Kier alpha value is -6.11. The Bertz CT molecular complexity index is 2710. The molecule has 4 aromatic carbocycles. The van der Waals surface area contributed by atoms with Crippen LogP contribution in [0.5, 0.6) is 11.5 Å². The van der Waals surface area contributed by atoms with Gasteiger partial charge in [0.1, 0.15) is 29.3 Å². The number of benzene rings is 4. The molecule has 0 saturated heterocycles. The van der Waals surface area contributed by atoms with Crippen molar-refractivity contribution in [1.82, 2.24) is 9.13 Å². The quantitative estimate of drug-likeness (QED) is 0.0952. The van der Waals surface area contributed by atoms with Gasteiger partial charge in [0.2, 0.25) is 19.1 Å². The van der Waals surface area contributed by atoms with Crippen LogP contribution in [0, 0.1) is 34.5 Å². The first-order valence-electron chi connectivity index (χ1n) is 16.6. The molecule has 284 valence electrons. The van der Waals surface area contributed by atoms with Crippen molar-refractivity contribution in [2.24, 2.45) is 0 Å². The third kappa shape index (κ3) is 10.5. The first kappa shape index (κ1) is 41.6. The van der Waals surface area contributed by atoms with Gasteiger partial charge in [0.05, 0.1) is 54.6 Å². The molecule has 0 aliphatic heterocycles. The molecular formula is C40H39ClN6O6S2. The van der Waals surface area contributed by atoms with E-state index in [1.165, 1.54) is 0 Å². The standard InChI is InChI=1S/C20H17N3O.C19H19N3O3S.CH3ClO2S/c1-3-23-19(11-6-14-4-7-15(22)8-5-14)18(13-21)17-10-9-16(24-2)12-20(17)23;1-4-22-18-11-15(25-2)9-10-16(18)17(12-20)19(22)13-5-7-14(8-6-13)21-26(3,23)24;1-5(2,3)4/h4-5,7-10,12H,3,22H2,1-2H3;5-11,21H,4H2,1-3H3;1H3. The van der Waals surface area contributed by atoms with Gasteiger partial charge in [-0.05, 0) is 86.0 Å². The minimum absolute atomic E-state index is 0.482. The molecule has 2 aromatic heterocycles. The first-order chi connectivity index (χ1) is 26.0. The van der Waals surface area contributed by atoms with Crippen LogP contribution in [0.4, 0.5) is 11.4 Å². The fraction of sp³-hybridized carbons (Fsp3) is 0.200. The molecule has 0 saturated carbocycles. The number of nitrogens with zero attached hydrogens (tertiary/aromatic N) is 4. The van der Waals surface area contributed by atoms with Gasteiger partial charge in [0, 0.05) is 63.6 Å². The van der Waals surface area contributed by atoms with Gasteiger partial charge < -0.3 is 24.3 Å². The zero-order chi connectivity index (χ0) is 40.5. The lowest BCUT2D eigenvalue weighted by Crippen LogP contribution is -2.09. The number of aromatic nitrogens is 2. The topological polar surface area (TPSA) is 182 Å². The Labute approximate surface area is 325 Å². The maximum absolute atomic E-state index is 11.4. The summed E-state index contributed by atoms with van der Waals surface area (Å²) in [5.74, 6) is 7.76. The predicted molar refractivity (Wildman–Crippen MR) is 219 cm³/mol. The van der Waals surface area contributed by atoms with E-state index in [4.69, 9.17) is 15.2 Å². The SMILES string of the molecule is CCn1c(-c2ccc(NS(C)(=O)=O)cc2)c(C#N)c2ccc(OC)cc21.CCn1c(C#Cc2ccc(N)cc2)c(C#N)c2ccc(OC)cc21.CS(=O)(=O)Cl. The lowest BCUT2D eigenvalue weighted by molar-refractivity contribution is 0.415. The van der Waals surface area contributed by atoms with Gasteiger partial charge in [-0.1, -0.05) is 18.1 Å². The van der Waals surface area contributed by atoms with Crippen LogP contribution >= 0.6 is 10.7 Å². The van der Waals surface area contributed by atoms with Gasteiger partial charge in [0.15, 0.2) is 0 Å². The van der Waals surface area contributed by atoms with Crippen LogP contribution in [0.15, 0.2) is 84.9 Å². The second-order valence-corrected chi connectivity index (χ2v) is 16.7. The number of anilines is 2. The van der Waals surface area contributed by atoms with E-state index in [0.717, 1.165) is 74.9 Å². The number of fused-ring (bicyclic) bond motifs is 2. The van der Waals surface area contributed by atoms with Crippen LogP contribution in [0.3, 0.4) is 0 Å². The molecule has 3 N–H and O–H groups in total. The van der Waals surface area contributed by atoms with E-state index in [-0.39, 0.29) is 0 Å². The van der Waals surface area contributed by atoms with Crippen LogP contribution in [0.1, 0.15) is 36.2 Å². The second kappa shape index (κ2) is 17.8. The third-order valence-corrected chi connectivity index (χ3v) is 8.70. The zero-order valence-electron chi connectivity index (χ0n) is 31.0. The summed E-state index contributed by atoms with van der Waals surface area (Å²) in [5, 5.41) is 21.1. The van der Waals surface area contributed by atoms with E-state index in [0.29, 0.717) is 29.0 Å². The maximum Gasteiger partial charge on any atom is 0.229 e. The summed E-state index contributed by atoms with van der Waals surface area (Å²) in [7, 11) is 1.22. The highest BCUT2D eigenvalue weighted by Gasteiger charge is 2.19. The normalized spacial score (nSPS) is 10.8. The van der Waals surface area contributed by atoms with Gasteiger partial charge in [-0.25, -0.2) is 16.8 Å². The summed E-state index contributed by atoms with van der Waals surface area (Å²) in [6.07, 6.45) is 2.03. The van der Waals surface area contributed by atoms with Gasteiger partial charge >= 0.3 is 0 Å². The highest BCUT2D eigenvalue weighted by Crippen LogP contribution is 2.36. The third-order valence-electron chi connectivity index (χ3n) is 8.10. The van der Waals surface area contributed by atoms with Crippen molar-refractivity contribution < 1.29 is 26.3 Å². The van der Waals surface area contributed by atoms with E-state index >= 15 is 0 Å². The number of hydrogen-bond donors (Lipinski definition) is 2. The summed E-state index contributed by atoms with van der Waals surface area (Å²) in [6.45, 7) is 5.46. The molecule has 0 radical (unpaired) electrons. The molecule has 0 amide bonds. The average Bonchev–Trinajstić information content (AvgIpc) is 3.63. The summed E-state index contributed by atoms with van der Waals surface area (Å²) < 4.78 is 58.7. The number of nitrogens with one attached hydrogen (secondary N) is 1. The van der Waals surface area contributed by atoms with Gasteiger partial charge in [-0.2, -0.15) is 10.5 Å².